The van der Waals surface area contributed by atoms with Crippen LogP contribution in [0.2, 0.25) is 0 Å². The van der Waals surface area contributed by atoms with E-state index in [9.17, 15) is 0 Å². The van der Waals surface area contributed by atoms with Gasteiger partial charge in [-0.2, -0.15) is 5.10 Å². The van der Waals surface area contributed by atoms with E-state index in [1.165, 1.54) is 12.1 Å². The van der Waals surface area contributed by atoms with Crippen molar-refractivity contribution in [2.75, 3.05) is 29.9 Å². The first-order valence-corrected chi connectivity index (χ1v) is 7.98. The summed E-state index contributed by atoms with van der Waals surface area (Å²) in [5.41, 5.74) is 2.17. The van der Waals surface area contributed by atoms with Crippen molar-refractivity contribution in [3.8, 4) is 0 Å². The maximum atomic E-state index is 4.37. The molecule has 0 saturated carbocycles. The summed E-state index contributed by atoms with van der Waals surface area (Å²) in [5.74, 6) is 1.50. The third-order valence-electron chi connectivity index (χ3n) is 4.49. The number of benzene rings is 1. The summed E-state index contributed by atoms with van der Waals surface area (Å²) in [6.07, 6.45) is 4.61. The lowest BCUT2D eigenvalue weighted by molar-refractivity contribution is 0.621. The molecule has 3 aromatic rings. The number of para-hydroxylation sites is 1. The van der Waals surface area contributed by atoms with Crippen LogP contribution in [0, 0.1) is 5.92 Å². The van der Waals surface area contributed by atoms with Gasteiger partial charge in [-0.1, -0.05) is 18.2 Å². The van der Waals surface area contributed by atoms with Gasteiger partial charge in [0.25, 0.3) is 0 Å². The first-order chi connectivity index (χ1) is 11.3. The van der Waals surface area contributed by atoms with Crippen LogP contribution in [0.5, 0.6) is 0 Å². The standard InChI is InChI=1S/C17H20N6/c1-22-17-15(10-21-22)16(19-12-20-17)18-9-13-7-8-23(11-13)14-5-3-2-4-6-14/h2-6,10,12-13H,7-9,11H2,1H3,(H,18,19,20)/t13-/m1/s1. The van der Waals surface area contributed by atoms with Crippen LogP contribution >= 0.6 is 0 Å². The highest BCUT2D eigenvalue weighted by atomic mass is 15.3. The molecule has 4 rings (SSSR count). The number of hydrogen-bond donors (Lipinski definition) is 1. The minimum absolute atomic E-state index is 0.622. The van der Waals surface area contributed by atoms with E-state index in [1.807, 2.05) is 13.2 Å². The summed E-state index contributed by atoms with van der Waals surface area (Å²) in [6.45, 7) is 3.12. The maximum absolute atomic E-state index is 4.37. The van der Waals surface area contributed by atoms with Gasteiger partial charge in [0.1, 0.15) is 12.1 Å². The molecule has 3 heterocycles. The molecule has 1 atom stereocenters. The highest BCUT2D eigenvalue weighted by molar-refractivity contribution is 5.85. The van der Waals surface area contributed by atoms with E-state index >= 15 is 0 Å². The average molecular weight is 308 g/mol. The molecule has 1 fully saturated rings. The predicted octanol–water partition coefficient (Wildman–Crippen LogP) is 2.30. The van der Waals surface area contributed by atoms with E-state index in [-0.39, 0.29) is 0 Å². The number of rotatable bonds is 4. The Morgan fingerprint density at radius 2 is 2.09 bits per heavy atom. The van der Waals surface area contributed by atoms with Crippen molar-refractivity contribution in [3.05, 3.63) is 42.9 Å². The third-order valence-corrected chi connectivity index (χ3v) is 4.49. The zero-order valence-electron chi connectivity index (χ0n) is 13.2. The average Bonchev–Trinajstić information content (AvgIpc) is 3.22. The monoisotopic (exact) mass is 308 g/mol. The Balaban J connectivity index is 1.42. The number of aryl methyl sites for hydroxylation is 1. The maximum Gasteiger partial charge on any atom is 0.163 e. The molecule has 1 N–H and O–H groups in total. The molecule has 0 bridgehead atoms. The number of nitrogens with zero attached hydrogens (tertiary/aromatic N) is 5. The van der Waals surface area contributed by atoms with Crippen molar-refractivity contribution in [2.24, 2.45) is 13.0 Å². The van der Waals surface area contributed by atoms with Gasteiger partial charge in [-0.25, -0.2) is 9.97 Å². The molecule has 6 heteroatoms. The second kappa shape index (κ2) is 5.87. The number of hydrogen-bond acceptors (Lipinski definition) is 5. The quantitative estimate of drug-likeness (QED) is 0.801. The molecule has 23 heavy (non-hydrogen) atoms. The Labute approximate surface area is 135 Å². The number of fused-ring (bicyclic) bond motifs is 1. The summed E-state index contributed by atoms with van der Waals surface area (Å²) >= 11 is 0. The van der Waals surface area contributed by atoms with Crippen LogP contribution in [0.1, 0.15) is 6.42 Å². The van der Waals surface area contributed by atoms with Gasteiger partial charge in [0.15, 0.2) is 5.65 Å². The van der Waals surface area contributed by atoms with E-state index in [4.69, 9.17) is 0 Å². The fourth-order valence-electron chi connectivity index (χ4n) is 3.22. The van der Waals surface area contributed by atoms with Crippen LogP contribution in [0.25, 0.3) is 11.0 Å². The van der Waals surface area contributed by atoms with Gasteiger partial charge in [-0.3, -0.25) is 4.68 Å². The molecule has 6 nitrogen and oxygen atoms in total. The number of anilines is 2. The lowest BCUT2D eigenvalue weighted by Crippen LogP contribution is -2.22. The van der Waals surface area contributed by atoms with Crippen molar-refractivity contribution in [2.45, 2.75) is 6.42 Å². The predicted molar refractivity (Wildman–Crippen MR) is 91.6 cm³/mol. The molecule has 118 valence electrons. The van der Waals surface area contributed by atoms with Gasteiger partial charge in [0, 0.05) is 32.4 Å². The smallest absolute Gasteiger partial charge is 0.163 e. The molecule has 1 aromatic carbocycles. The van der Waals surface area contributed by atoms with Gasteiger partial charge in [-0.05, 0) is 24.5 Å². The molecule has 1 aliphatic heterocycles. The van der Waals surface area contributed by atoms with E-state index < -0.39 is 0 Å². The summed E-state index contributed by atoms with van der Waals surface area (Å²) in [7, 11) is 1.90. The minimum atomic E-state index is 0.622. The van der Waals surface area contributed by atoms with E-state index in [1.54, 1.807) is 11.0 Å². The van der Waals surface area contributed by atoms with Crippen molar-refractivity contribution < 1.29 is 0 Å². The summed E-state index contributed by atoms with van der Waals surface area (Å²) in [4.78, 5) is 11.1. The van der Waals surface area contributed by atoms with Crippen LogP contribution in [-0.4, -0.2) is 39.4 Å². The van der Waals surface area contributed by atoms with Gasteiger partial charge in [0.2, 0.25) is 0 Å². The van der Waals surface area contributed by atoms with Gasteiger partial charge in [-0.15, -0.1) is 0 Å². The second-order valence-corrected chi connectivity index (χ2v) is 6.04. The molecule has 1 aliphatic rings. The minimum Gasteiger partial charge on any atom is -0.371 e. The fourth-order valence-corrected chi connectivity index (χ4v) is 3.22. The Bertz CT molecular complexity index is 797. The van der Waals surface area contributed by atoms with E-state index in [0.717, 1.165) is 36.5 Å². The molecule has 0 aliphatic carbocycles. The van der Waals surface area contributed by atoms with Crippen LogP contribution in [0.4, 0.5) is 11.5 Å². The van der Waals surface area contributed by atoms with Crippen molar-refractivity contribution in [1.82, 2.24) is 19.7 Å². The van der Waals surface area contributed by atoms with E-state index in [0.29, 0.717) is 5.92 Å². The highest BCUT2D eigenvalue weighted by Gasteiger charge is 2.22. The van der Waals surface area contributed by atoms with Crippen molar-refractivity contribution in [3.63, 3.8) is 0 Å². The largest absolute Gasteiger partial charge is 0.371 e. The Morgan fingerprint density at radius 3 is 2.96 bits per heavy atom. The van der Waals surface area contributed by atoms with E-state index in [2.05, 4.69) is 55.6 Å². The third kappa shape index (κ3) is 2.72. The molecule has 0 unspecified atom stereocenters. The topological polar surface area (TPSA) is 58.9 Å². The molecule has 0 spiro atoms. The Kier molecular flexibility index (Phi) is 3.57. The van der Waals surface area contributed by atoms with Crippen molar-refractivity contribution >= 4 is 22.5 Å². The van der Waals surface area contributed by atoms with Crippen molar-refractivity contribution in [1.29, 1.82) is 0 Å². The lowest BCUT2D eigenvalue weighted by atomic mass is 10.1. The number of aromatic nitrogens is 4. The lowest BCUT2D eigenvalue weighted by Gasteiger charge is -2.18. The van der Waals surface area contributed by atoms with Crippen LogP contribution < -0.4 is 10.2 Å². The van der Waals surface area contributed by atoms with Crippen LogP contribution in [0.15, 0.2) is 42.9 Å². The summed E-state index contributed by atoms with van der Waals surface area (Å²) in [6, 6.07) is 10.6. The normalized spacial score (nSPS) is 17.8. The zero-order chi connectivity index (χ0) is 15.6. The van der Waals surface area contributed by atoms with Gasteiger partial charge in [0.05, 0.1) is 11.6 Å². The van der Waals surface area contributed by atoms with Gasteiger partial charge >= 0.3 is 0 Å². The zero-order valence-corrected chi connectivity index (χ0v) is 13.2. The Morgan fingerprint density at radius 1 is 1.22 bits per heavy atom. The fraction of sp³-hybridized carbons (Fsp3) is 0.353. The van der Waals surface area contributed by atoms with Gasteiger partial charge < -0.3 is 10.2 Å². The first-order valence-electron chi connectivity index (χ1n) is 7.98. The molecule has 1 saturated heterocycles. The molecule has 0 amide bonds. The Hall–Kier alpha value is -2.63. The second-order valence-electron chi connectivity index (χ2n) is 6.04. The number of nitrogens with one attached hydrogen (secondary N) is 1. The van der Waals surface area contributed by atoms with Crippen LogP contribution in [0.3, 0.4) is 0 Å². The molecule has 0 radical (unpaired) electrons. The first kappa shape index (κ1) is 14.0. The summed E-state index contributed by atoms with van der Waals surface area (Å²) in [5, 5.41) is 8.72. The molecular weight excluding hydrogens is 288 g/mol. The van der Waals surface area contributed by atoms with Crippen LogP contribution in [-0.2, 0) is 7.05 Å². The SMILES string of the molecule is Cn1ncc2c(NC[C@H]3CCN(c4ccccc4)C3)ncnc21. The molecule has 2 aromatic heterocycles. The highest BCUT2D eigenvalue weighted by Crippen LogP contribution is 2.24. The molecular formula is C17H20N6. The summed E-state index contributed by atoms with van der Waals surface area (Å²) < 4.78 is 1.77.